The minimum Gasteiger partial charge on any atom is -0.436 e. The number of hydrogen-bond donors (Lipinski definition) is 0. The summed E-state index contributed by atoms with van der Waals surface area (Å²) in [5.74, 6) is 0.619. The Bertz CT molecular complexity index is 2150. The van der Waals surface area contributed by atoms with Crippen LogP contribution in [0.5, 0.6) is 0 Å². The molecule has 0 radical (unpaired) electrons. The quantitative estimate of drug-likeness (QED) is 0.215. The summed E-state index contributed by atoms with van der Waals surface area (Å²) in [5.41, 5.74) is 10.3. The molecule has 0 saturated carbocycles. The maximum Gasteiger partial charge on any atom is 0.227 e. The Morgan fingerprint density at radius 3 is 1.71 bits per heavy atom. The van der Waals surface area contributed by atoms with Gasteiger partial charge in [0.05, 0.1) is 11.2 Å². The Kier molecular flexibility index (Phi) is 5.46. The molecule has 0 saturated heterocycles. The molecule has 0 bridgehead atoms. The van der Waals surface area contributed by atoms with E-state index in [1.165, 1.54) is 22.1 Å². The number of pyridine rings is 1. The molecule has 0 N–H and O–H groups in total. The first kappa shape index (κ1) is 23.4. The van der Waals surface area contributed by atoms with E-state index in [9.17, 15) is 0 Å². The lowest BCUT2D eigenvalue weighted by Crippen LogP contribution is -1.93. The van der Waals surface area contributed by atoms with Gasteiger partial charge in [-0.1, -0.05) is 109 Å². The van der Waals surface area contributed by atoms with E-state index in [1.807, 2.05) is 24.3 Å². The molecule has 6 aromatic carbocycles. The molecular weight excluding hydrogens is 500 g/mol. The van der Waals surface area contributed by atoms with E-state index >= 15 is 0 Å². The lowest BCUT2D eigenvalue weighted by Gasteiger charge is -2.16. The molecule has 0 amide bonds. The van der Waals surface area contributed by atoms with Crippen molar-refractivity contribution in [3.63, 3.8) is 0 Å². The second kappa shape index (κ2) is 9.58. The van der Waals surface area contributed by atoms with Gasteiger partial charge in [-0.15, -0.1) is 0 Å². The number of hydrogen-bond acceptors (Lipinski definition) is 3. The first-order valence-corrected chi connectivity index (χ1v) is 13.8. The molecule has 192 valence electrons. The van der Waals surface area contributed by atoms with Crippen molar-refractivity contribution in [2.75, 3.05) is 0 Å². The van der Waals surface area contributed by atoms with Crippen LogP contribution < -0.4 is 0 Å². The molecule has 0 fully saturated rings. The molecule has 41 heavy (non-hydrogen) atoms. The maximum atomic E-state index is 6.00. The highest BCUT2D eigenvalue weighted by atomic mass is 16.3. The molecule has 2 aromatic heterocycles. The van der Waals surface area contributed by atoms with Gasteiger partial charge in [0.15, 0.2) is 5.58 Å². The zero-order valence-corrected chi connectivity index (χ0v) is 22.2. The highest BCUT2D eigenvalue weighted by molar-refractivity contribution is 6.16. The number of para-hydroxylation sites is 2. The van der Waals surface area contributed by atoms with E-state index in [4.69, 9.17) is 9.40 Å². The summed E-state index contributed by atoms with van der Waals surface area (Å²) >= 11 is 0. The SMILES string of the molecule is c1ccc(-c2cc3c(-c4ccccc4)cc(-c4ccc(-c5nc6ccccc6o5)cc4)nc3c3ccccc23)cc1. The Labute approximate surface area is 237 Å². The van der Waals surface area contributed by atoms with Crippen molar-refractivity contribution < 1.29 is 4.42 Å². The topological polar surface area (TPSA) is 38.9 Å². The molecule has 0 aliphatic rings. The van der Waals surface area contributed by atoms with Gasteiger partial charge in [-0.3, -0.25) is 0 Å². The maximum absolute atomic E-state index is 6.00. The number of rotatable bonds is 4. The molecule has 8 rings (SSSR count). The average molecular weight is 525 g/mol. The highest BCUT2D eigenvalue weighted by Gasteiger charge is 2.16. The van der Waals surface area contributed by atoms with Gasteiger partial charge in [0.2, 0.25) is 5.89 Å². The van der Waals surface area contributed by atoms with E-state index in [-0.39, 0.29) is 0 Å². The Morgan fingerprint density at radius 1 is 0.415 bits per heavy atom. The van der Waals surface area contributed by atoms with Gasteiger partial charge >= 0.3 is 0 Å². The van der Waals surface area contributed by atoms with Gasteiger partial charge in [0, 0.05) is 21.9 Å². The summed E-state index contributed by atoms with van der Waals surface area (Å²) in [6.45, 7) is 0. The number of fused-ring (bicyclic) bond motifs is 4. The molecule has 3 nitrogen and oxygen atoms in total. The summed E-state index contributed by atoms with van der Waals surface area (Å²) < 4.78 is 6.00. The minimum atomic E-state index is 0.619. The second-order valence-electron chi connectivity index (χ2n) is 10.2. The summed E-state index contributed by atoms with van der Waals surface area (Å²) in [7, 11) is 0. The monoisotopic (exact) mass is 524 g/mol. The summed E-state index contributed by atoms with van der Waals surface area (Å²) in [5, 5.41) is 3.48. The van der Waals surface area contributed by atoms with E-state index in [0.717, 1.165) is 49.8 Å². The fourth-order valence-electron chi connectivity index (χ4n) is 5.69. The lowest BCUT2D eigenvalue weighted by atomic mass is 9.91. The molecule has 3 heteroatoms. The Balaban J connectivity index is 1.34. The normalized spacial score (nSPS) is 11.4. The average Bonchev–Trinajstić information content (AvgIpc) is 3.49. The van der Waals surface area contributed by atoms with E-state index in [1.54, 1.807) is 0 Å². The van der Waals surface area contributed by atoms with Crippen LogP contribution >= 0.6 is 0 Å². The van der Waals surface area contributed by atoms with Crippen molar-refractivity contribution in [2.45, 2.75) is 0 Å². The number of benzene rings is 6. The molecular formula is C38H24N2O. The summed E-state index contributed by atoms with van der Waals surface area (Å²) in [4.78, 5) is 9.96. The van der Waals surface area contributed by atoms with Crippen LogP contribution in [0.3, 0.4) is 0 Å². The van der Waals surface area contributed by atoms with Crippen molar-refractivity contribution in [1.82, 2.24) is 9.97 Å². The van der Waals surface area contributed by atoms with Crippen LogP contribution in [0.25, 0.3) is 77.7 Å². The zero-order chi connectivity index (χ0) is 27.2. The van der Waals surface area contributed by atoms with Crippen molar-refractivity contribution in [2.24, 2.45) is 0 Å². The van der Waals surface area contributed by atoms with Gasteiger partial charge in [-0.05, 0) is 64.0 Å². The third kappa shape index (κ3) is 4.07. The largest absolute Gasteiger partial charge is 0.436 e. The van der Waals surface area contributed by atoms with Gasteiger partial charge in [-0.2, -0.15) is 0 Å². The highest BCUT2D eigenvalue weighted by Crippen LogP contribution is 2.40. The van der Waals surface area contributed by atoms with Gasteiger partial charge in [0.25, 0.3) is 0 Å². The van der Waals surface area contributed by atoms with Gasteiger partial charge < -0.3 is 4.42 Å². The fraction of sp³-hybridized carbons (Fsp3) is 0. The van der Waals surface area contributed by atoms with Crippen molar-refractivity contribution in [1.29, 1.82) is 0 Å². The number of aromatic nitrogens is 2. The first-order valence-electron chi connectivity index (χ1n) is 13.8. The Hall–Kier alpha value is -5.54. The third-order valence-corrected chi connectivity index (χ3v) is 7.71. The fourth-order valence-corrected chi connectivity index (χ4v) is 5.69. The van der Waals surface area contributed by atoms with Crippen LogP contribution in [-0.4, -0.2) is 9.97 Å². The van der Waals surface area contributed by atoms with Gasteiger partial charge in [-0.25, -0.2) is 9.97 Å². The van der Waals surface area contributed by atoms with Crippen molar-refractivity contribution >= 4 is 32.8 Å². The van der Waals surface area contributed by atoms with E-state index in [2.05, 4.69) is 126 Å². The number of oxazole rings is 1. The second-order valence-corrected chi connectivity index (χ2v) is 10.2. The summed E-state index contributed by atoms with van der Waals surface area (Å²) in [6, 6.07) is 50.5. The van der Waals surface area contributed by atoms with Crippen LogP contribution in [0, 0.1) is 0 Å². The lowest BCUT2D eigenvalue weighted by molar-refractivity contribution is 0.620. The van der Waals surface area contributed by atoms with Gasteiger partial charge in [0.1, 0.15) is 5.52 Å². The molecule has 0 aliphatic carbocycles. The number of nitrogens with zero attached hydrogens (tertiary/aromatic N) is 2. The predicted molar refractivity (Wildman–Crippen MR) is 169 cm³/mol. The minimum absolute atomic E-state index is 0.619. The van der Waals surface area contributed by atoms with Crippen LogP contribution in [0.1, 0.15) is 0 Å². The van der Waals surface area contributed by atoms with Crippen LogP contribution in [-0.2, 0) is 0 Å². The predicted octanol–water partition coefficient (Wildman–Crippen LogP) is 10.2. The molecule has 8 aromatic rings. The zero-order valence-electron chi connectivity index (χ0n) is 22.2. The van der Waals surface area contributed by atoms with Crippen LogP contribution in [0.2, 0.25) is 0 Å². The van der Waals surface area contributed by atoms with E-state index in [0.29, 0.717) is 5.89 Å². The first-order chi connectivity index (χ1) is 20.3. The van der Waals surface area contributed by atoms with Crippen molar-refractivity contribution in [3.05, 3.63) is 146 Å². The van der Waals surface area contributed by atoms with Crippen LogP contribution in [0.15, 0.2) is 150 Å². The Morgan fingerprint density at radius 2 is 1.00 bits per heavy atom. The molecule has 0 atom stereocenters. The third-order valence-electron chi connectivity index (χ3n) is 7.71. The smallest absolute Gasteiger partial charge is 0.227 e. The van der Waals surface area contributed by atoms with Crippen molar-refractivity contribution in [3.8, 4) is 45.0 Å². The standard InChI is InChI=1S/C38H24N2O/c1-3-11-25(12-4-1)31-23-33-32(26-13-5-2-6-14-26)24-35(39-37(33)30-16-8-7-15-29(30)31)27-19-21-28(22-20-27)38-40-34-17-9-10-18-36(34)41-38/h1-24H. The molecule has 0 spiro atoms. The van der Waals surface area contributed by atoms with Crippen LogP contribution in [0.4, 0.5) is 0 Å². The molecule has 0 unspecified atom stereocenters. The van der Waals surface area contributed by atoms with E-state index < -0.39 is 0 Å². The molecule has 0 aliphatic heterocycles. The molecule has 2 heterocycles. The summed E-state index contributed by atoms with van der Waals surface area (Å²) in [6.07, 6.45) is 0.